The van der Waals surface area contributed by atoms with Gasteiger partial charge in [0.1, 0.15) is 0 Å². The maximum absolute atomic E-state index is 13.4. The fourth-order valence-corrected chi connectivity index (χ4v) is 5.09. The van der Waals surface area contributed by atoms with Crippen molar-refractivity contribution in [2.75, 3.05) is 25.5 Å². The number of pyridine rings is 1. The monoisotopic (exact) mass is 511 g/mol. The van der Waals surface area contributed by atoms with Crippen molar-refractivity contribution in [3.05, 3.63) is 68.9 Å². The molecule has 0 bridgehead atoms. The lowest BCUT2D eigenvalue weighted by atomic mass is 10.0. The van der Waals surface area contributed by atoms with E-state index in [1.165, 1.54) is 4.57 Å². The predicted molar refractivity (Wildman–Crippen MR) is 141 cm³/mol. The first-order valence-electron chi connectivity index (χ1n) is 11.7. The van der Waals surface area contributed by atoms with Crippen molar-refractivity contribution in [1.29, 1.82) is 0 Å². The van der Waals surface area contributed by atoms with Crippen molar-refractivity contribution >= 4 is 45.7 Å². The summed E-state index contributed by atoms with van der Waals surface area (Å²) in [6, 6.07) is 5.56. The molecule has 1 fully saturated rings. The zero-order valence-corrected chi connectivity index (χ0v) is 21.4. The summed E-state index contributed by atoms with van der Waals surface area (Å²) < 4.78 is 3.51. The van der Waals surface area contributed by atoms with E-state index in [4.69, 9.17) is 28.2 Å². The first-order valence-corrected chi connectivity index (χ1v) is 12.4. The Kier molecular flexibility index (Phi) is 6.53. The first-order chi connectivity index (χ1) is 16.8. The van der Waals surface area contributed by atoms with E-state index in [-0.39, 0.29) is 11.5 Å². The second-order valence-corrected chi connectivity index (χ2v) is 10.1. The largest absolute Gasteiger partial charge is 0.321 e. The van der Waals surface area contributed by atoms with Gasteiger partial charge in [0.15, 0.2) is 0 Å². The standard InChI is InChI=1S/C25H27Cl2N7O/c1-15(2)19-14-33(23-20(26)5-4-6-21(23)27)24(35)18-12-28-25(31-22(18)19)30-16-11-29-34(13-16)17-7-9-32(3)10-8-17/h4-6,11-15,17H,7-10H2,1-3H3,(H,28,30,31). The van der Waals surface area contributed by atoms with E-state index in [1.807, 2.05) is 10.9 Å². The Hall–Kier alpha value is -2.94. The molecule has 182 valence electrons. The van der Waals surface area contributed by atoms with Crippen LogP contribution in [0.5, 0.6) is 0 Å². The highest BCUT2D eigenvalue weighted by atomic mass is 35.5. The van der Waals surface area contributed by atoms with Crippen molar-refractivity contribution in [2.24, 2.45) is 0 Å². The number of hydrogen-bond acceptors (Lipinski definition) is 6. The van der Waals surface area contributed by atoms with Gasteiger partial charge in [-0.25, -0.2) is 9.97 Å². The summed E-state index contributed by atoms with van der Waals surface area (Å²) in [5, 5.41) is 8.99. The minimum atomic E-state index is -0.277. The summed E-state index contributed by atoms with van der Waals surface area (Å²) in [7, 11) is 2.15. The van der Waals surface area contributed by atoms with Gasteiger partial charge in [-0.3, -0.25) is 14.0 Å². The van der Waals surface area contributed by atoms with E-state index < -0.39 is 0 Å². The molecule has 0 radical (unpaired) electrons. The summed E-state index contributed by atoms with van der Waals surface area (Å²) in [4.78, 5) is 24.9. The molecule has 1 aliphatic heterocycles. The van der Waals surface area contributed by atoms with Crippen molar-refractivity contribution in [3.8, 4) is 5.69 Å². The molecule has 35 heavy (non-hydrogen) atoms. The Morgan fingerprint density at radius 1 is 1.09 bits per heavy atom. The molecule has 4 aromatic rings. The van der Waals surface area contributed by atoms with Crippen LogP contribution in [-0.2, 0) is 0 Å². The Balaban J connectivity index is 1.51. The number of piperidine rings is 1. The van der Waals surface area contributed by atoms with Crippen LogP contribution in [-0.4, -0.2) is 49.4 Å². The predicted octanol–water partition coefficient (Wildman–Crippen LogP) is 5.42. The number of benzene rings is 1. The number of anilines is 2. The molecule has 0 saturated carbocycles. The van der Waals surface area contributed by atoms with Crippen LogP contribution in [0.15, 0.2) is 47.8 Å². The number of fused-ring (bicyclic) bond motifs is 1. The van der Waals surface area contributed by atoms with Crippen LogP contribution in [0.2, 0.25) is 10.0 Å². The first kappa shape index (κ1) is 23.8. The molecule has 0 spiro atoms. The van der Waals surface area contributed by atoms with E-state index >= 15 is 0 Å². The molecule has 1 saturated heterocycles. The molecule has 3 aromatic heterocycles. The molecule has 0 amide bonds. The second kappa shape index (κ2) is 9.60. The summed E-state index contributed by atoms with van der Waals surface area (Å²) in [6.07, 6.45) is 9.25. The molecule has 0 atom stereocenters. The zero-order chi connectivity index (χ0) is 24.7. The van der Waals surface area contributed by atoms with Crippen molar-refractivity contribution in [2.45, 2.75) is 38.6 Å². The van der Waals surface area contributed by atoms with Gasteiger partial charge >= 0.3 is 0 Å². The van der Waals surface area contributed by atoms with Gasteiger partial charge in [-0.1, -0.05) is 43.1 Å². The summed E-state index contributed by atoms with van der Waals surface area (Å²) in [5.41, 5.74) is 2.48. The highest BCUT2D eigenvalue weighted by Gasteiger charge is 2.20. The van der Waals surface area contributed by atoms with Gasteiger partial charge in [0.2, 0.25) is 5.95 Å². The molecule has 1 N–H and O–H groups in total. The van der Waals surface area contributed by atoms with Gasteiger partial charge in [-0.15, -0.1) is 0 Å². The van der Waals surface area contributed by atoms with Gasteiger partial charge in [-0.05, 0) is 56.6 Å². The third kappa shape index (κ3) is 4.66. The molecular weight excluding hydrogens is 485 g/mol. The third-order valence-electron chi connectivity index (χ3n) is 6.50. The second-order valence-electron chi connectivity index (χ2n) is 9.31. The smallest absolute Gasteiger partial charge is 0.266 e. The lowest BCUT2D eigenvalue weighted by Gasteiger charge is -2.28. The zero-order valence-electron chi connectivity index (χ0n) is 19.9. The van der Waals surface area contributed by atoms with Gasteiger partial charge in [0.05, 0.1) is 44.6 Å². The average Bonchev–Trinajstić information content (AvgIpc) is 3.29. The molecule has 4 heterocycles. The lowest BCUT2D eigenvalue weighted by Crippen LogP contribution is -2.31. The Morgan fingerprint density at radius 3 is 2.49 bits per heavy atom. The van der Waals surface area contributed by atoms with Crippen LogP contribution in [0.4, 0.5) is 11.6 Å². The van der Waals surface area contributed by atoms with Crippen molar-refractivity contribution in [3.63, 3.8) is 0 Å². The summed E-state index contributed by atoms with van der Waals surface area (Å²) in [6.45, 7) is 6.24. The number of rotatable bonds is 5. The highest BCUT2D eigenvalue weighted by Crippen LogP contribution is 2.30. The number of likely N-dealkylation sites (tertiary alicyclic amines) is 1. The van der Waals surface area contributed by atoms with Crippen molar-refractivity contribution in [1.82, 2.24) is 29.2 Å². The van der Waals surface area contributed by atoms with E-state index in [0.717, 1.165) is 37.2 Å². The van der Waals surface area contributed by atoms with Gasteiger partial charge in [-0.2, -0.15) is 5.10 Å². The maximum atomic E-state index is 13.4. The maximum Gasteiger partial charge on any atom is 0.266 e. The molecule has 1 aromatic carbocycles. The number of nitrogens with zero attached hydrogens (tertiary/aromatic N) is 6. The summed E-state index contributed by atoms with van der Waals surface area (Å²) in [5.74, 6) is 0.510. The average molecular weight is 512 g/mol. The summed E-state index contributed by atoms with van der Waals surface area (Å²) >= 11 is 12.8. The topological polar surface area (TPSA) is 80.9 Å². The number of hydrogen-bond donors (Lipinski definition) is 1. The third-order valence-corrected chi connectivity index (χ3v) is 7.11. The molecule has 10 heteroatoms. The SMILES string of the molecule is CC(C)c1cn(-c2c(Cl)cccc2Cl)c(=O)c2cnc(Nc3cnn(C4CCN(C)CC4)c3)nc12. The van der Waals surface area contributed by atoms with Crippen LogP contribution in [0, 0.1) is 0 Å². The van der Waals surface area contributed by atoms with Crippen LogP contribution in [0.3, 0.4) is 0 Å². The minimum Gasteiger partial charge on any atom is -0.321 e. The van der Waals surface area contributed by atoms with Gasteiger partial charge < -0.3 is 10.2 Å². The lowest BCUT2D eigenvalue weighted by molar-refractivity contribution is 0.212. The Labute approximate surface area is 213 Å². The van der Waals surface area contributed by atoms with Crippen LogP contribution >= 0.6 is 23.2 Å². The van der Waals surface area contributed by atoms with Crippen LogP contribution in [0.1, 0.15) is 44.2 Å². The fourth-order valence-electron chi connectivity index (χ4n) is 4.51. The molecule has 0 unspecified atom stereocenters. The Morgan fingerprint density at radius 2 is 1.80 bits per heavy atom. The van der Waals surface area contributed by atoms with Crippen LogP contribution < -0.4 is 10.9 Å². The van der Waals surface area contributed by atoms with Crippen molar-refractivity contribution < 1.29 is 0 Å². The minimum absolute atomic E-state index is 0.0977. The molecule has 0 aliphatic carbocycles. The number of nitrogens with one attached hydrogen (secondary N) is 1. The molecule has 1 aliphatic rings. The van der Waals surface area contributed by atoms with E-state index in [2.05, 4.69) is 41.2 Å². The van der Waals surface area contributed by atoms with Gasteiger partial charge in [0, 0.05) is 18.6 Å². The van der Waals surface area contributed by atoms with Gasteiger partial charge in [0.25, 0.3) is 5.56 Å². The Bertz CT molecular complexity index is 1420. The fraction of sp³-hybridized carbons (Fsp3) is 0.360. The highest BCUT2D eigenvalue weighted by molar-refractivity contribution is 6.37. The molecule has 8 nitrogen and oxygen atoms in total. The normalized spacial score (nSPS) is 15.3. The van der Waals surface area contributed by atoms with Crippen LogP contribution in [0.25, 0.3) is 16.6 Å². The molecule has 5 rings (SSSR count). The number of aromatic nitrogens is 5. The van der Waals surface area contributed by atoms with E-state index in [0.29, 0.717) is 38.6 Å². The van der Waals surface area contributed by atoms with E-state index in [1.54, 1.807) is 36.8 Å². The number of halogens is 2. The molecular formula is C25H27Cl2N7O. The number of para-hydroxylation sites is 1. The quantitative estimate of drug-likeness (QED) is 0.385. The van der Waals surface area contributed by atoms with E-state index in [9.17, 15) is 4.79 Å².